The molecule has 1 aliphatic rings. The summed E-state index contributed by atoms with van der Waals surface area (Å²) in [4.78, 5) is 56.2. The van der Waals surface area contributed by atoms with Crippen LogP contribution in [0.2, 0.25) is 0 Å². The molecule has 0 bridgehead atoms. The highest BCUT2D eigenvalue weighted by Crippen LogP contribution is 2.05. The van der Waals surface area contributed by atoms with Gasteiger partial charge in [-0.05, 0) is 6.42 Å². The molecule has 9 heteroatoms. The van der Waals surface area contributed by atoms with E-state index in [1.54, 1.807) is 0 Å². The first kappa shape index (κ1) is 16.3. The number of carbonyl (C=O) groups is 5. The van der Waals surface area contributed by atoms with E-state index in [-0.39, 0.29) is 19.4 Å². The molecule has 0 saturated carbocycles. The fraction of sp³-hybridized carbons (Fsp3) is 0.417. The lowest BCUT2D eigenvalue weighted by Gasteiger charge is -2.16. The zero-order valence-corrected chi connectivity index (χ0v) is 10.9. The van der Waals surface area contributed by atoms with Crippen LogP contribution in [0.4, 0.5) is 0 Å². The van der Waals surface area contributed by atoms with Gasteiger partial charge in [0.05, 0.1) is 0 Å². The molecule has 0 fully saturated rings. The highest BCUT2D eigenvalue weighted by atomic mass is 16.4. The minimum atomic E-state index is -1.35. The van der Waals surface area contributed by atoms with Crippen molar-refractivity contribution in [1.29, 1.82) is 0 Å². The summed E-state index contributed by atoms with van der Waals surface area (Å²) < 4.78 is 0. The first-order valence-corrected chi connectivity index (χ1v) is 6.08. The van der Waals surface area contributed by atoms with Gasteiger partial charge in [0.25, 0.3) is 11.8 Å². The van der Waals surface area contributed by atoms with Crippen molar-refractivity contribution in [1.82, 2.24) is 10.2 Å². The van der Waals surface area contributed by atoms with E-state index in [0.717, 1.165) is 17.1 Å². The molecule has 0 aromatic carbocycles. The van der Waals surface area contributed by atoms with Gasteiger partial charge in [-0.2, -0.15) is 0 Å². The van der Waals surface area contributed by atoms with Crippen LogP contribution in [-0.4, -0.2) is 57.4 Å². The summed E-state index contributed by atoms with van der Waals surface area (Å²) in [6, 6.07) is -1.32. The van der Waals surface area contributed by atoms with Crippen LogP contribution < -0.4 is 5.32 Å². The molecule has 0 spiro atoms. The smallest absolute Gasteiger partial charge is 0.326 e. The van der Waals surface area contributed by atoms with E-state index in [2.05, 4.69) is 5.32 Å². The Morgan fingerprint density at radius 3 is 2.14 bits per heavy atom. The molecule has 21 heavy (non-hydrogen) atoms. The van der Waals surface area contributed by atoms with Gasteiger partial charge in [0.15, 0.2) is 0 Å². The molecule has 1 atom stereocenters. The Kier molecular flexibility index (Phi) is 5.58. The quantitative estimate of drug-likeness (QED) is 0.475. The molecule has 0 unspecified atom stereocenters. The first-order chi connectivity index (χ1) is 9.81. The number of hydrogen-bond acceptors (Lipinski definition) is 5. The summed E-state index contributed by atoms with van der Waals surface area (Å²) in [6.07, 6.45) is 1.25. The number of carboxylic acid groups (broad SMARTS) is 2. The van der Waals surface area contributed by atoms with Crippen LogP contribution in [-0.2, 0) is 24.0 Å². The largest absolute Gasteiger partial charge is 0.481 e. The second-order valence-electron chi connectivity index (χ2n) is 4.30. The lowest BCUT2D eigenvalue weighted by atomic mass is 10.1. The monoisotopic (exact) mass is 298 g/mol. The Morgan fingerprint density at radius 2 is 1.67 bits per heavy atom. The second kappa shape index (κ2) is 7.17. The van der Waals surface area contributed by atoms with Crippen molar-refractivity contribution in [2.24, 2.45) is 0 Å². The third kappa shape index (κ3) is 5.05. The van der Waals surface area contributed by atoms with Crippen LogP contribution in [0.15, 0.2) is 12.2 Å². The minimum absolute atomic E-state index is 0.165. The lowest BCUT2D eigenvalue weighted by molar-refractivity contribution is -0.144. The Hall–Kier alpha value is -2.71. The van der Waals surface area contributed by atoms with E-state index in [1.165, 1.54) is 0 Å². The molecule has 114 valence electrons. The number of amides is 3. The van der Waals surface area contributed by atoms with Crippen LogP contribution in [0.3, 0.4) is 0 Å². The van der Waals surface area contributed by atoms with Crippen molar-refractivity contribution < 1.29 is 34.2 Å². The van der Waals surface area contributed by atoms with Gasteiger partial charge in [-0.3, -0.25) is 24.1 Å². The summed E-state index contributed by atoms with van der Waals surface area (Å²) in [5.41, 5.74) is 0. The van der Waals surface area contributed by atoms with Crippen LogP contribution >= 0.6 is 0 Å². The normalized spacial score (nSPS) is 15.1. The number of imide groups is 1. The predicted octanol–water partition coefficient (Wildman–Crippen LogP) is -1.26. The fourth-order valence-electron chi connectivity index (χ4n) is 1.66. The molecular formula is C12H14N2O7. The molecule has 9 nitrogen and oxygen atoms in total. The SMILES string of the molecule is O=C(O)CC[C@@H](NC(=O)CCN1C(=O)C=CC1=O)C(=O)O. The maximum atomic E-state index is 11.6. The Morgan fingerprint density at radius 1 is 1.10 bits per heavy atom. The average molecular weight is 298 g/mol. The summed E-state index contributed by atoms with van der Waals surface area (Å²) >= 11 is 0. The third-order valence-corrected chi connectivity index (χ3v) is 2.74. The lowest BCUT2D eigenvalue weighted by Crippen LogP contribution is -2.42. The molecule has 0 saturated heterocycles. The van der Waals surface area contributed by atoms with Crippen LogP contribution in [0.1, 0.15) is 19.3 Å². The molecule has 1 heterocycles. The molecule has 1 aliphatic heterocycles. The number of hydrogen-bond donors (Lipinski definition) is 3. The van der Waals surface area contributed by atoms with E-state index in [9.17, 15) is 24.0 Å². The number of aliphatic carboxylic acids is 2. The fourth-order valence-corrected chi connectivity index (χ4v) is 1.66. The zero-order valence-electron chi connectivity index (χ0n) is 10.9. The number of rotatable bonds is 8. The van der Waals surface area contributed by atoms with Crippen molar-refractivity contribution >= 4 is 29.7 Å². The maximum absolute atomic E-state index is 11.6. The molecule has 0 radical (unpaired) electrons. The van der Waals surface area contributed by atoms with Gasteiger partial charge in [0.1, 0.15) is 6.04 Å². The molecule has 0 aliphatic carbocycles. The number of nitrogens with one attached hydrogen (secondary N) is 1. The third-order valence-electron chi connectivity index (χ3n) is 2.74. The van der Waals surface area contributed by atoms with Gasteiger partial charge >= 0.3 is 11.9 Å². The van der Waals surface area contributed by atoms with E-state index < -0.39 is 42.1 Å². The van der Waals surface area contributed by atoms with Gasteiger partial charge in [-0.15, -0.1) is 0 Å². The average Bonchev–Trinajstić information content (AvgIpc) is 2.71. The Balaban J connectivity index is 2.43. The van der Waals surface area contributed by atoms with Gasteiger partial charge in [0.2, 0.25) is 5.91 Å². The van der Waals surface area contributed by atoms with Crippen molar-refractivity contribution in [3.05, 3.63) is 12.2 Å². The van der Waals surface area contributed by atoms with Crippen molar-refractivity contribution in [2.75, 3.05) is 6.54 Å². The van der Waals surface area contributed by atoms with Gasteiger partial charge in [-0.1, -0.05) is 0 Å². The van der Waals surface area contributed by atoms with E-state index >= 15 is 0 Å². The minimum Gasteiger partial charge on any atom is -0.481 e. The molecule has 0 aromatic rings. The first-order valence-electron chi connectivity index (χ1n) is 6.08. The summed E-state index contributed by atoms with van der Waals surface area (Å²) in [5.74, 6) is -4.27. The molecular weight excluding hydrogens is 284 g/mol. The molecule has 0 aromatic heterocycles. The van der Waals surface area contributed by atoms with Crippen LogP contribution in [0, 0.1) is 0 Å². The van der Waals surface area contributed by atoms with Crippen LogP contribution in [0.5, 0.6) is 0 Å². The Labute approximate surface area is 119 Å². The van der Waals surface area contributed by atoms with E-state index in [4.69, 9.17) is 10.2 Å². The number of nitrogens with zero attached hydrogens (tertiary/aromatic N) is 1. The van der Waals surface area contributed by atoms with E-state index in [1.807, 2.05) is 0 Å². The highest BCUT2D eigenvalue weighted by molar-refractivity contribution is 6.13. The molecule has 3 amide bonds. The zero-order chi connectivity index (χ0) is 16.0. The maximum Gasteiger partial charge on any atom is 0.326 e. The summed E-state index contributed by atoms with van der Waals surface area (Å²) in [7, 11) is 0. The molecule has 1 rings (SSSR count). The highest BCUT2D eigenvalue weighted by Gasteiger charge is 2.25. The predicted molar refractivity (Wildman–Crippen MR) is 66.9 cm³/mol. The van der Waals surface area contributed by atoms with Gasteiger partial charge in [0, 0.05) is 31.5 Å². The summed E-state index contributed by atoms with van der Waals surface area (Å²) in [5, 5.41) is 19.5. The van der Waals surface area contributed by atoms with Gasteiger partial charge < -0.3 is 15.5 Å². The molecule has 3 N–H and O–H groups in total. The Bertz CT molecular complexity index is 494. The van der Waals surface area contributed by atoms with Crippen molar-refractivity contribution in [3.63, 3.8) is 0 Å². The summed E-state index contributed by atoms with van der Waals surface area (Å²) in [6.45, 7) is -0.165. The topological polar surface area (TPSA) is 141 Å². The second-order valence-corrected chi connectivity index (χ2v) is 4.30. The standard InChI is InChI=1S/C12H14N2O7/c15-8(5-6-14-9(16)2-3-10(14)17)13-7(12(20)21)1-4-11(18)19/h2-3,7H,1,4-6H2,(H,13,15)(H,18,19)(H,20,21)/t7-/m1/s1. The van der Waals surface area contributed by atoms with Crippen molar-refractivity contribution in [3.8, 4) is 0 Å². The van der Waals surface area contributed by atoms with Gasteiger partial charge in [-0.25, -0.2) is 4.79 Å². The number of carbonyl (C=O) groups excluding carboxylic acids is 3. The van der Waals surface area contributed by atoms with Crippen molar-refractivity contribution in [2.45, 2.75) is 25.3 Å². The van der Waals surface area contributed by atoms with E-state index in [0.29, 0.717) is 0 Å². The number of carboxylic acids is 2. The van der Waals surface area contributed by atoms with Crippen LogP contribution in [0.25, 0.3) is 0 Å².